The Morgan fingerprint density at radius 2 is 1.66 bits per heavy atom. The number of aliphatic carboxylic acids is 1. The summed E-state index contributed by atoms with van der Waals surface area (Å²) in [5.41, 5.74) is -1.77. The normalized spacial score (nSPS) is 12.9. The molecule has 38 heavy (non-hydrogen) atoms. The van der Waals surface area contributed by atoms with Gasteiger partial charge in [0.05, 0.1) is 16.5 Å². The van der Waals surface area contributed by atoms with Gasteiger partial charge < -0.3 is 35.3 Å². The number of ketones is 1. The van der Waals surface area contributed by atoms with Crippen molar-refractivity contribution in [3.63, 3.8) is 0 Å². The van der Waals surface area contributed by atoms with Crippen molar-refractivity contribution in [2.45, 2.75) is 25.8 Å². The third-order valence-electron chi connectivity index (χ3n) is 5.76. The lowest BCUT2D eigenvalue weighted by atomic mass is 9.86. The summed E-state index contributed by atoms with van der Waals surface area (Å²) in [6, 6.07) is 1.88. The molecule has 13 nitrogen and oxygen atoms in total. The molecule has 4 rings (SSSR count). The van der Waals surface area contributed by atoms with Gasteiger partial charge in [0, 0.05) is 17.2 Å². The fraction of sp³-hybridized carbons (Fsp3) is 0.160. The molecule has 0 bridgehead atoms. The fourth-order valence-corrected chi connectivity index (χ4v) is 3.92. The van der Waals surface area contributed by atoms with Crippen molar-refractivity contribution in [1.82, 2.24) is 5.32 Å². The number of phenols is 4. The summed E-state index contributed by atoms with van der Waals surface area (Å²) >= 11 is 0. The van der Waals surface area contributed by atoms with E-state index in [-0.39, 0.29) is 41.3 Å². The van der Waals surface area contributed by atoms with Gasteiger partial charge in [0.25, 0.3) is 5.91 Å². The molecule has 6 N–H and O–H groups in total. The van der Waals surface area contributed by atoms with E-state index in [9.17, 15) is 44.7 Å². The van der Waals surface area contributed by atoms with Crippen LogP contribution in [0.2, 0.25) is 0 Å². The molecule has 0 aliphatic heterocycles. The Balaban J connectivity index is 0.00000127. The van der Waals surface area contributed by atoms with Crippen LogP contribution in [0.1, 0.15) is 45.2 Å². The Kier molecular flexibility index (Phi) is 7.64. The molecular formula is C25H19NO12. The first-order valence-electron chi connectivity index (χ1n) is 10.8. The lowest BCUT2D eigenvalue weighted by Gasteiger charge is -2.17. The number of allylic oxidation sites excluding steroid dienone is 2. The number of hydrogen-bond donors (Lipinski definition) is 6. The predicted molar refractivity (Wildman–Crippen MR) is 126 cm³/mol. The molecule has 0 unspecified atom stereocenters. The van der Waals surface area contributed by atoms with E-state index in [1.54, 1.807) is 0 Å². The van der Waals surface area contributed by atoms with E-state index >= 15 is 0 Å². The molecule has 3 aromatic rings. The third kappa shape index (κ3) is 4.81. The summed E-state index contributed by atoms with van der Waals surface area (Å²) < 4.78 is 5.41. The van der Waals surface area contributed by atoms with E-state index in [4.69, 9.17) is 14.0 Å². The number of Topliss-reactive ketones (excluding diaryl/α,β-unsaturated/α-hetero) is 1. The maximum Gasteiger partial charge on any atom is 0.373 e. The molecule has 2 aromatic carbocycles. The largest absolute Gasteiger partial charge is 0.504 e. The van der Waals surface area contributed by atoms with E-state index in [0.29, 0.717) is 5.56 Å². The number of hydrogen-bond acceptors (Lipinski definition) is 11. The number of rotatable bonds is 5. The maximum absolute atomic E-state index is 13.5. The number of aromatic hydroxyl groups is 4. The van der Waals surface area contributed by atoms with Gasteiger partial charge in [-0.1, -0.05) is 13.0 Å². The first kappa shape index (κ1) is 27.2. The molecule has 13 heteroatoms. The van der Waals surface area contributed by atoms with Crippen LogP contribution in [0.4, 0.5) is 0 Å². The van der Waals surface area contributed by atoms with Gasteiger partial charge in [-0.2, -0.15) is 9.59 Å². The van der Waals surface area contributed by atoms with Crippen LogP contribution in [0.5, 0.6) is 23.0 Å². The van der Waals surface area contributed by atoms with Gasteiger partial charge in [-0.3, -0.25) is 14.4 Å². The molecule has 1 amide bonds. The van der Waals surface area contributed by atoms with Crippen LogP contribution in [0.3, 0.4) is 0 Å². The maximum atomic E-state index is 13.5. The molecule has 0 saturated carbocycles. The molecule has 196 valence electrons. The van der Waals surface area contributed by atoms with Crippen molar-refractivity contribution in [3.8, 4) is 23.0 Å². The molecule has 0 fully saturated rings. The molecule has 1 heterocycles. The predicted octanol–water partition coefficient (Wildman–Crippen LogP) is 1.45. The van der Waals surface area contributed by atoms with Gasteiger partial charge in [0.1, 0.15) is 17.9 Å². The van der Waals surface area contributed by atoms with Crippen LogP contribution >= 0.6 is 0 Å². The Labute approximate surface area is 211 Å². The molecule has 0 saturated heterocycles. The fourth-order valence-electron chi connectivity index (χ4n) is 3.92. The second-order valence-corrected chi connectivity index (χ2v) is 7.98. The number of phenolic OH excluding ortho intramolecular Hbond substituents is 4. The minimum absolute atomic E-state index is 0.00162. The topological polar surface area (TPSA) is 229 Å². The highest BCUT2D eigenvalue weighted by Crippen LogP contribution is 2.37. The average Bonchev–Trinajstić information content (AvgIpc) is 2.86. The van der Waals surface area contributed by atoms with Gasteiger partial charge in [-0.15, -0.1) is 0 Å². The van der Waals surface area contributed by atoms with E-state index in [0.717, 1.165) is 18.4 Å². The number of carbonyl (C=O) groups is 3. The number of benzene rings is 2. The first-order chi connectivity index (χ1) is 18.0. The third-order valence-corrected chi connectivity index (χ3v) is 5.76. The van der Waals surface area contributed by atoms with Gasteiger partial charge >= 0.3 is 12.1 Å². The number of carbonyl (C=O) groups excluding carboxylic acids is 4. The van der Waals surface area contributed by atoms with Crippen LogP contribution in [0.25, 0.3) is 16.5 Å². The van der Waals surface area contributed by atoms with Crippen molar-refractivity contribution >= 4 is 40.4 Å². The Hall–Kier alpha value is -5.42. The summed E-state index contributed by atoms with van der Waals surface area (Å²) in [6.45, 7) is 1.50. The number of carboxylic acids is 1. The van der Waals surface area contributed by atoms with Crippen molar-refractivity contribution < 1.29 is 53.9 Å². The van der Waals surface area contributed by atoms with Crippen molar-refractivity contribution in [2.75, 3.05) is 0 Å². The van der Waals surface area contributed by atoms with Gasteiger partial charge in [0.2, 0.25) is 5.43 Å². The van der Waals surface area contributed by atoms with Crippen LogP contribution < -0.4 is 10.7 Å². The van der Waals surface area contributed by atoms with Crippen molar-refractivity contribution in [2.24, 2.45) is 0 Å². The summed E-state index contributed by atoms with van der Waals surface area (Å²) in [7, 11) is 0. The van der Waals surface area contributed by atoms with E-state index in [1.807, 2.05) is 0 Å². The standard InChI is InChI=1S/C24H19NO10.CO2/c1-2-13(24(33)34)25-23(32)19-18-17(7-16(28)22(19)31)35-8-12(21(18)30)10-4-3-9-5-14(26)15(27)6-11(9)20(10)29;2-1-3/h4-8,13,26-28,31H,2-3H2,1H3,(H,25,32)(H,33,34);/t13-;/m0./s1. The van der Waals surface area contributed by atoms with Gasteiger partial charge in [-0.05, 0) is 30.5 Å². The highest BCUT2D eigenvalue weighted by molar-refractivity contribution is 6.30. The minimum atomic E-state index is -1.34. The summed E-state index contributed by atoms with van der Waals surface area (Å²) in [6.07, 6.45) is 2.76. The quantitative estimate of drug-likeness (QED) is 0.260. The zero-order valence-corrected chi connectivity index (χ0v) is 19.5. The lowest BCUT2D eigenvalue weighted by molar-refractivity contribution is -0.191. The number of nitrogens with one attached hydrogen (secondary N) is 1. The molecule has 1 aliphatic carbocycles. The summed E-state index contributed by atoms with van der Waals surface area (Å²) in [5.74, 6) is -5.81. The first-order valence-corrected chi connectivity index (χ1v) is 10.8. The smallest absolute Gasteiger partial charge is 0.373 e. The molecule has 1 aromatic heterocycles. The average molecular weight is 525 g/mol. The Bertz CT molecular complexity index is 1610. The van der Waals surface area contributed by atoms with Crippen LogP contribution in [-0.4, -0.2) is 55.4 Å². The van der Waals surface area contributed by atoms with Crippen molar-refractivity contribution in [3.05, 3.63) is 63.0 Å². The SMILES string of the molecule is CC[C@H](NC(=O)c1c(O)c(O)cc2occ(C3=CCc4cc(O)c(O)cc4C3=O)c(=O)c12)C(=O)O.O=C=O. The molecule has 1 aliphatic rings. The Morgan fingerprint density at radius 3 is 2.26 bits per heavy atom. The van der Waals surface area contributed by atoms with Crippen LogP contribution in [0.15, 0.2) is 39.7 Å². The zero-order chi connectivity index (χ0) is 28.3. The van der Waals surface area contributed by atoms with Gasteiger partial charge in [0.15, 0.2) is 28.8 Å². The summed E-state index contributed by atoms with van der Waals surface area (Å²) in [5, 5.41) is 50.8. The molecule has 0 spiro atoms. The molecular weight excluding hydrogens is 506 g/mol. The highest BCUT2D eigenvalue weighted by atomic mass is 16.4. The number of amides is 1. The van der Waals surface area contributed by atoms with E-state index < -0.39 is 63.1 Å². The second kappa shape index (κ2) is 10.7. The van der Waals surface area contributed by atoms with E-state index in [1.165, 1.54) is 19.1 Å². The monoisotopic (exact) mass is 525 g/mol. The lowest BCUT2D eigenvalue weighted by Crippen LogP contribution is -2.40. The van der Waals surface area contributed by atoms with Crippen LogP contribution in [0, 0.1) is 0 Å². The molecule has 0 radical (unpaired) electrons. The Morgan fingerprint density at radius 1 is 1.03 bits per heavy atom. The summed E-state index contributed by atoms with van der Waals surface area (Å²) in [4.78, 5) is 67.0. The highest BCUT2D eigenvalue weighted by Gasteiger charge is 2.30. The number of fused-ring (bicyclic) bond motifs is 2. The second-order valence-electron chi connectivity index (χ2n) is 7.98. The van der Waals surface area contributed by atoms with Crippen LogP contribution in [-0.2, 0) is 20.8 Å². The minimum Gasteiger partial charge on any atom is -0.504 e. The van der Waals surface area contributed by atoms with E-state index in [2.05, 4.69) is 5.32 Å². The zero-order valence-electron chi connectivity index (χ0n) is 19.5. The number of carboxylic acid groups (broad SMARTS) is 1. The van der Waals surface area contributed by atoms with Gasteiger partial charge in [-0.25, -0.2) is 4.79 Å². The molecule has 1 atom stereocenters. The van der Waals surface area contributed by atoms with Crippen molar-refractivity contribution in [1.29, 1.82) is 0 Å².